The monoisotopic (exact) mass is 830 g/mol. The molecule has 3 heteroatoms. The summed E-state index contributed by atoms with van der Waals surface area (Å²) < 4.78 is 0. The molecular weight excluding hydrogens is 771 g/mol. The van der Waals surface area contributed by atoms with Crippen LogP contribution in [-0.4, -0.2) is 6.71 Å². The lowest BCUT2D eigenvalue weighted by molar-refractivity contribution is 0.590. The van der Waals surface area contributed by atoms with Crippen molar-refractivity contribution in [3.63, 3.8) is 0 Å². The van der Waals surface area contributed by atoms with Crippen LogP contribution in [0.25, 0.3) is 0 Å². The normalized spacial score (nSPS) is 13.6. The van der Waals surface area contributed by atoms with Crippen LogP contribution in [0.1, 0.15) is 101 Å². The van der Waals surface area contributed by atoms with Gasteiger partial charge in [-0.1, -0.05) is 208 Å². The molecule has 2 heterocycles. The van der Waals surface area contributed by atoms with Gasteiger partial charge in [-0.3, -0.25) is 0 Å². The van der Waals surface area contributed by atoms with Crippen molar-refractivity contribution in [3.05, 3.63) is 233 Å². The van der Waals surface area contributed by atoms with Crippen LogP contribution in [0, 0.1) is 0 Å². The quantitative estimate of drug-likeness (QED) is 0.122. The van der Waals surface area contributed by atoms with E-state index in [0.29, 0.717) is 0 Å². The number of nitrogens with zero attached hydrogens (tertiary/aromatic N) is 2. The number of hydrogen-bond acceptors (Lipinski definition) is 2. The van der Waals surface area contributed by atoms with Crippen molar-refractivity contribution in [2.75, 3.05) is 9.80 Å². The van der Waals surface area contributed by atoms with Gasteiger partial charge in [0.25, 0.3) is 6.71 Å². The molecule has 0 aromatic heterocycles. The molecule has 8 aromatic carbocycles. The van der Waals surface area contributed by atoms with E-state index in [-0.39, 0.29) is 23.0 Å². The third kappa shape index (κ3) is 6.80. The third-order valence-electron chi connectivity index (χ3n) is 13.9. The summed E-state index contributed by atoms with van der Waals surface area (Å²) >= 11 is 0. The number of rotatable bonds is 6. The van der Waals surface area contributed by atoms with Crippen LogP contribution in [0.3, 0.4) is 0 Å². The van der Waals surface area contributed by atoms with Crippen molar-refractivity contribution in [2.45, 2.75) is 84.0 Å². The molecule has 2 aliphatic rings. The van der Waals surface area contributed by atoms with Crippen LogP contribution < -0.4 is 26.2 Å². The van der Waals surface area contributed by atoms with E-state index in [2.05, 4.69) is 266 Å². The highest BCUT2D eigenvalue weighted by molar-refractivity contribution is 7.00. The Labute approximate surface area is 382 Å². The van der Waals surface area contributed by atoms with E-state index in [1.807, 2.05) is 0 Å². The van der Waals surface area contributed by atoms with Gasteiger partial charge in [-0.05, 0) is 120 Å². The van der Waals surface area contributed by atoms with Crippen LogP contribution in [0.4, 0.5) is 34.1 Å². The van der Waals surface area contributed by atoms with E-state index < -0.39 is 5.41 Å². The lowest BCUT2D eigenvalue weighted by atomic mass is 9.33. The number of anilines is 6. The summed E-state index contributed by atoms with van der Waals surface area (Å²) in [7, 11) is 0. The molecule has 64 heavy (non-hydrogen) atoms. The van der Waals surface area contributed by atoms with E-state index in [1.165, 1.54) is 83.8 Å². The van der Waals surface area contributed by atoms with Crippen LogP contribution in [-0.2, 0) is 21.7 Å². The average Bonchev–Trinajstić information content (AvgIpc) is 3.29. The lowest BCUT2D eigenvalue weighted by Crippen LogP contribution is -2.61. The van der Waals surface area contributed by atoms with Gasteiger partial charge in [0, 0.05) is 34.1 Å². The molecular formula is C61H59BN2. The smallest absolute Gasteiger partial charge is 0.252 e. The van der Waals surface area contributed by atoms with Crippen molar-refractivity contribution in [3.8, 4) is 0 Å². The van der Waals surface area contributed by atoms with E-state index in [4.69, 9.17) is 0 Å². The van der Waals surface area contributed by atoms with E-state index >= 15 is 0 Å². The topological polar surface area (TPSA) is 6.48 Å². The molecule has 2 nitrogen and oxygen atoms in total. The van der Waals surface area contributed by atoms with Gasteiger partial charge in [0.1, 0.15) is 0 Å². The van der Waals surface area contributed by atoms with Gasteiger partial charge in [-0.15, -0.1) is 0 Å². The van der Waals surface area contributed by atoms with E-state index in [1.54, 1.807) is 0 Å². The number of hydrogen-bond donors (Lipinski definition) is 0. The molecule has 8 aromatic rings. The molecule has 0 N–H and O–H groups in total. The number of benzene rings is 8. The standard InChI is InChI=1S/C61H59BN2/c1-58(2,3)46-28-21-29-50(38-46)64-54-39-47(59(4,5)6)34-37-52(54)62-51-30-19-20-31-53(51)63(55-40-48(60(7,8)9)41-56(64)57(55)62)49-35-32-45(33-36-49)61(42-22-13-10-14-23-42,43-24-15-11-16-25-43)44-26-17-12-18-27-44/h10-41H,1-9H3. The number of para-hydroxylation sites is 1. The maximum absolute atomic E-state index is 2.59. The van der Waals surface area contributed by atoms with Crippen molar-refractivity contribution in [1.29, 1.82) is 0 Å². The van der Waals surface area contributed by atoms with Gasteiger partial charge in [0.05, 0.1) is 5.41 Å². The predicted molar refractivity (Wildman–Crippen MR) is 275 cm³/mol. The van der Waals surface area contributed by atoms with Crippen LogP contribution >= 0.6 is 0 Å². The van der Waals surface area contributed by atoms with Gasteiger partial charge >= 0.3 is 0 Å². The largest absolute Gasteiger partial charge is 0.311 e. The van der Waals surface area contributed by atoms with Crippen molar-refractivity contribution >= 4 is 57.2 Å². The average molecular weight is 831 g/mol. The summed E-state index contributed by atoms with van der Waals surface area (Å²) in [6, 6.07) is 73.2. The molecule has 0 atom stereocenters. The molecule has 0 saturated carbocycles. The number of fused-ring (bicyclic) bond motifs is 4. The maximum atomic E-state index is 2.59. The molecule has 10 rings (SSSR count). The second-order valence-electron chi connectivity index (χ2n) is 21.1. The summed E-state index contributed by atoms with van der Waals surface area (Å²) in [6.45, 7) is 21.0. The fourth-order valence-corrected chi connectivity index (χ4v) is 10.4. The first-order valence-corrected chi connectivity index (χ1v) is 23.1. The molecule has 0 spiro atoms. The highest BCUT2D eigenvalue weighted by Crippen LogP contribution is 2.49. The SMILES string of the molecule is CC(C)(C)c1cccc(N2c3cc(C(C)(C)C)ccc3B3c4ccccc4N(c4ccc(C(c5ccccc5)(c5ccccc5)c5ccccc5)cc4)c4cc(C(C)(C)C)cc2c43)c1. The second-order valence-corrected chi connectivity index (χ2v) is 21.1. The Morgan fingerprint density at radius 1 is 0.297 bits per heavy atom. The summed E-state index contributed by atoms with van der Waals surface area (Å²) in [6.07, 6.45) is 0. The third-order valence-corrected chi connectivity index (χ3v) is 13.9. The fraction of sp³-hybridized carbons (Fsp3) is 0.213. The Balaban J connectivity index is 1.24. The van der Waals surface area contributed by atoms with E-state index in [9.17, 15) is 0 Å². The van der Waals surface area contributed by atoms with Crippen LogP contribution in [0.2, 0.25) is 0 Å². The summed E-state index contributed by atoms with van der Waals surface area (Å²) in [5, 5.41) is 0. The Kier molecular flexibility index (Phi) is 9.91. The minimum atomic E-state index is -0.532. The molecule has 0 unspecified atom stereocenters. The highest BCUT2D eigenvalue weighted by Gasteiger charge is 2.45. The first-order chi connectivity index (χ1) is 30.7. The molecule has 0 amide bonds. The maximum Gasteiger partial charge on any atom is 0.252 e. The van der Waals surface area contributed by atoms with Crippen molar-refractivity contribution in [2.24, 2.45) is 0 Å². The molecule has 0 bridgehead atoms. The zero-order valence-corrected chi connectivity index (χ0v) is 38.9. The molecule has 0 saturated heterocycles. The van der Waals surface area contributed by atoms with Crippen molar-refractivity contribution in [1.82, 2.24) is 0 Å². The predicted octanol–water partition coefficient (Wildman–Crippen LogP) is 14.0. The molecule has 0 fully saturated rings. The molecule has 2 aliphatic heterocycles. The Morgan fingerprint density at radius 2 is 0.703 bits per heavy atom. The van der Waals surface area contributed by atoms with Gasteiger partial charge in [-0.25, -0.2) is 0 Å². The Morgan fingerprint density at radius 3 is 1.23 bits per heavy atom. The zero-order valence-electron chi connectivity index (χ0n) is 38.9. The van der Waals surface area contributed by atoms with Crippen LogP contribution in [0.15, 0.2) is 194 Å². The lowest BCUT2D eigenvalue weighted by Gasteiger charge is -2.45. The van der Waals surface area contributed by atoms with Gasteiger partial charge in [0.2, 0.25) is 0 Å². The zero-order chi connectivity index (χ0) is 44.6. The molecule has 0 radical (unpaired) electrons. The minimum absolute atomic E-state index is 0.00186. The highest BCUT2D eigenvalue weighted by atomic mass is 15.2. The minimum Gasteiger partial charge on any atom is -0.311 e. The summed E-state index contributed by atoms with van der Waals surface area (Å²) in [4.78, 5) is 5.14. The first-order valence-electron chi connectivity index (χ1n) is 23.1. The van der Waals surface area contributed by atoms with Gasteiger partial charge < -0.3 is 9.80 Å². The Hall–Kier alpha value is -6.58. The van der Waals surface area contributed by atoms with Crippen molar-refractivity contribution < 1.29 is 0 Å². The second kappa shape index (κ2) is 15.3. The van der Waals surface area contributed by atoms with Gasteiger partial charge in [0.15, 0.2) is 0 Å². The Bertz CT molecular complexity index is 2890. The van der Waals surface area contributed by atoms with Gasteiger partial charge in [-0.2, -0.15) is 0 Å². The van der Waals surface area contributed by atoms with Crippen LogP contribution in [0.5, 0.6) is 0 Å². The fourth-order valence-electron chi connectivity index (χ4n) is 10.4. The molecule has 316 valence electrons. The molecule has 0 aliphatic carbocycles. The first kappa shape index (κ1) is 41.4. The summed E-state index contributed by atoms with van der Waals surface area (Å²) in [5.74, 6) is 0. The summed E-state index contributed by atoms with van der Waals surface area (Å²) in [5.41, 5.74) is 19.6. The van der Waals surface area contributed by atoms with E-state index in [0.717, 1.165) is 5.69 Å².